The number of hydrogen-bond acceptors (Lipinski definition) is 3. The molecule has 3 nitrogen and oxygen atoms in total. The van der Waals surface area contributed by atoms with Crippen LogP contribution in [0.5, 0.6) is 0 Å². The van der Waals surface area contributed by atoms with E-state index in [1.807, 2.05) is 6.08 Å². The van der Waals surface area contributed by atoms with Crippen molar-refractivity contribution in [2.45, 2.75) is 77.9 Å². The molecule has 1 saturated carbocycles. The third kappa shape index (κ3) is 3.89. The molecule has 23 heavy (non-hydrogen) atoms. The van der Waals surface area contributed by atoms with Gasteiger partial charge in [-0.3, -0.25) is 0 Å². The molecule has 0 bridgehead atoms. The van der Waals surface area contributed by atoms with E-state index >= 15 is 0 Å². The summed E-state index contributed by atoms with van der Waals surface area (Å²) in [6.07, 6.45) is 8.63. The molecule has 2 aliphatic carbocycles. The van der Waals surface area contributed by atoms with Gasteiger partial charge < -0.3 is 15.3 Å². The van der Waals surface area contributed by atoms with Gasteiger partial charge in [0, 0.05) is 6.42 Å². The van der Waals surface area contributed by atoms with E-state index in [0.29, 0.717) is 6.42 Å². The Balaban J connectivity index is 2.37. The minimum atomic E-state index is -0.602. The van der Waals surface area contributed by atoms with E-state index in [4.69, 9.17) is 0 Å². The molecule has 0 heterocycles. The summed E-state index contributed by atoms with van der Waals surface area (Å²) in [7, 11) is 0. The third-order valence-electron chi connectivity index (χ3n) is 6.38. The van der Waals surface area contributed by atoms with Gasteiger partial charge in [0.05, 0.1) is 18.3 Å². The predicted molar refractivity (Wildman–Crippen MR) is 94.0 cm³/mol. The van der Waals surface area contributed by atoms with E-state index in [-0.39, 0.29) is 23.9 Å². The summed E-state index contributed by atoms with van der Waals surface area (Å²) in [5.74, 6) is 0.500. The van der Waals surface area contributed by atoms with Crippen LogP contribution in [0.3, 0.4) is 0 Å². The standard InChI is InChI=1S/C20H34O3/c1-14(2)20(23)10-9-19(4)8-7-16(13-21)12-17(22)11-15(3)5-6-18(19)20/h7,11,14,17-18,21-23H,5-6,8-10,12-13H2,1-4H3/b15-11+,16-7-/t17-,18+,19-,20+/m0/s1. The highest BCUT2D eigenvalue weighted by molar-refractivity contribution is 5.15. The molecule has 0 radical (unpaired) electrons. The quantitative estimate of drug-likeness (QED) is 0.681. The van der Waals surface area contributed by atoms with Crippen molar-refractivity contribution in [3.8, 4) is 0 Å². The van der Waals surface area contributed by atoms with Crippen molar-refractivity contribution < 1.29 is 15.3 Å². The van der Waals surface area contributed by atoms with Crippen molar-refractivity contribution in [3.05, 3.63) is 23.3 Å². The van der Waals surface area contributed by atoms with Gasteiger partial charge in [-0.05, 0) is 61.9 Å². The number of allylic oxidation sites excluding steroid dienone is 2. The average Bonchev–Trinajstić information content (AvgIpc) is 2.73. The first-order chi connectivity index (χ1) is 10.7. The summed E-state index contributed by atoms with van der Waals surface area (Å²) in [4.78, 5) is 0. The number of rotatable bonds is 2. The zero-order valence-electron chi connectivity index (χ0n) is 15.2. The van der Waals surface area contributed by atoms with E-state index in [0.717, 1.165) is 37.7 Å². The molecule has 0 spiro atoms. The van der Waals surface area contributed by atoms with Crippen LogP contribution in [0.15, 0.2) is 23.3 Å². The lowest BCUT2D eigenvalue weighted by molar-refractivity contribution is -0.0641. The van der Waals surface area contributed by atoms with Gasteiger partial charge >= 0.3 is 0 Å². The summed E-state index contributed by atoms with van der Waals surface area (Å²) in [5.41, 5.74) is 1.55. The fraction of sp³-hybridized carbons (Fsp3) is 0.800. The molecule has 132 valence electrons. The van der Waals surface area contributed by atoms with Gasteiger partial charge in [-0.15, -0.1) is 0 Å². The Labute approximate surface area is 141 Å². The molecule has 0 amide bonds. The Morgan fingerprint density at radius 3 is 2.61 bits per heavy atom. The molecule has 2 aliphatic rings. The van der Waals surface area contributed by atoms with Gasteiger partial charge in [0.2, 0.25) is 0 Å². The topological polar surface area (TPSA) is 60.7 Å². The van der Waals surface area contributed by atoms with Crippen LogP contribution in [-0.2, 0) is 0 Å². The molecular weight excluding hydrogens is 288 g/mol. The van der Waals surface area contributed by atoms with Gasteiger partial charge in [0.25, 0.3) is 0 Å². The molecule has 0 unspecified atom stereocenters. The molecule has 0 saturated heterocycles. The molecule has 3 heteroatoms. The van der Waals surface area contributed by atoms with E-state index in [2.05, 4.69) is 33.8 Å². The van der Waals surface area contributed by atoms with E-state index < -0.39 is 11.7 Å². The SMILES string of the molecule is C/C1=C\[C@H](O)C/C(CO)=C/C[C@@]2(C)CC[C@@](O)(C(C)C)[C@@H]2CC1. The number of aliphatic hydroxyl groups is 3. The summed E-state index contributed by atoms with van der Waals surface area (Å²) < 4.78 is 0. The Kier molecular flexibility index (Phi) is 5.76. The highest BCUT2D eigenvalue weighted by atomic mass is 16.3. The monoisotopic (exact) mass is 322 g/mol. The number of aliphatic hydroxyl groups excluding tert-OH is 2. The molecule has 3 N–H and O–H groups in total. The van der Waals surface area contributed by atoms with Crippen LogP contribution in [0.2, 0.25) is 0 Å². The van der Waals surface area contributed by atoms with Gasteiger partial charge in [0.15, 0.2) is 0 Å². The number of fused-ring (bicyclic) bond motifs is 1. The normalized spacial score (nSPS) is 44.0. The first-order valence-corrected chi connectivity index (χ1v) is 9.08. The Morgan fingerprint density at radius 1 is 1.30 bits per heavy atom. The zero-order chi connectivity index (χ0) is 17.3. The minimum Gasteiger partial charge on any atom is -0.392 e. The first-order valence-electron chi connectivity index (χ1n) is 9.08. The van der Waals surface area contributed by atoms with Gasteiger partial charge in [-0.2, -0.15) is 0 Å². The van der Waals surface area contributed by atoms with Crippen molar-refractivity contribution >= 4 is 0 Å². The van der Waals surface area contributed by atoms with Crippen LogP contribution in [0.1, 0.15) is 66.2 Å². The molecule has 0 aliphatic heterocycles. The lowest BCUT2D eigenvalue weighted by Gasteiger charge is -2.41. The largest absolute Gasteiger partial charge is 0.392 e. The second-order valence-corrected chi connectivity index (χ2v) is 8.40. The molecule has 0 aromatic heterocycles. The predicted octanol–water partition coefficient (Wildman–Crippen LogP) is 3.59. The highest BCUT2D eigenvalue weighted by Gasteiger charge is 2.54. The Morgan fingerprint density at radius 2 is 2.00 bits per heavy atom. The van der Waals surface area contributed by atoms with Crippen molar-refractivity contribution in [3.63, 3.8) is 0 Å². The maximum atomic E-state index is 11.3. The Hall–Kier alpha value is -0.640. The second kappa shape index (κ2) is 7.08. The molecule has 0 aromatic carbocycles. The summed E-state index contributed by atoms with van der Waals surface area (Å²) in [6, 6.07) is 0. The van der Waals surface area contributed by atoms with Crippen molar-refractivity contribution in [1.29, 1.82) is 0 Å². The minimum absolute atomic E-state index is 0.000850. The van der Waals surface area contributed by atoms with Crippen LogP contribution in [0, 0.1) is 17.3 Å². The van der Waals surface area contributed by atoms with Crippen molar-refractivity contribution in [2.24, 2.45) is 17.3 Å². The lowest BCUT2D eigenvalue weighted by atomic mass is 9.67. The van der Waals surface area contributed by atoms with E-state index in [1.165, 1.54) is 5.57 Å². The molecule has 0 aromatic rings. The number of hydrogen-bond donors (Lipinski definition) is 3. The van der Waals surface area contributed by atoms with Gasteiger partial charge in [-0.1, -0.05) is 38.5 Å². The van der Waals surface area contributed by atoms with Crippen molar-refractivity contribution in [1.82, 2.24) is 0 Å². The van der Waals surface area contributed by atoms with E-state index in [1.54, 1.807) is 0 Å². The summed E-state index contributed by atoms with van der Waals surface area (Å²) >= 11 is 0. The molecule has 2 rings (SSSR count). The van der Waals surface area contributed by atoms with Crippen LogP contribution in [0.25, 0.3) is 0 Å². The zero-order valence-corrected chi connectivity index (χ0v) is 15.2. The van der Waals surface area contributed by atoms with E-state index in [9.17, 15) is 15.3 Å². The smallest absolute Gasteiger partial charge is 0.0761 e. The van der Waals surface area contributed by atoms with Crippen LogP contribution in [-0.4, -0.2) is 33.6 Å². The Bertz CT molecular complexity index is 479. The van der Waals surface area contributed by atoms with Crippen LogP contribution >= 0.6 is 0 Å². The highest BCUT2D eigenvalue weighted by Crippen LogP contribution is 2.56. The maximum absolute atomic E-state index is 11.3. The van der Waals surface area contributed by atoms with Crippen LogP contribution < -0.4 is 0 Å². The first kappa shape index (κ1) is 18.7. The molecule has 1 fully saturated rings. The average molecular weight is 322 g/mol. The maximum Gasteiger partial charge on any atom is 0.0761 e. The summed E-state index contributed by atoms with van der Waals surface area (Å²) in [5, 5.41) is 31.1. The van der Waals surface area contributed by atoms with Gasteiger partial charge in [-0.25, -0.2) is 0 Å². The fourth-order valence-corrected chi connectivity index (χ4v) is 4.67. The van der Waals surface area contributed by atoms with Crippen molar-refractivity contribution in [2.75, 3.05) is 6.61 Å². The lowest BCUT2D eigenvalue weighted by Crippen LogP contribution is -2.43. The third-order valence-corrected chi connectivity index (χ3v) is 6.38. The molecular formula is C20H34O3. The van der Waals surface area contributed by atoms with Gasteiger partial charge in [0.1, 0.15) is 0 Å². The van der Waals surface area contributed by atoms with Crippen LogP contribution in [0.4, 0.5) is 0 Å². The molecule has 4 atom stereocenters. The second-order valence-electron chi connectivity index (χ2n) is 8.40. The fourth-order valence-electron chi connectivity index (χ4n) is 4.67. The summed E-state index contributed by atoms with van der Waals surface area (Å²) in [6.45, 7) is 8.59.